The van der Waals surface area contributed by atoms with Gasteiger partial charge in [0.25, 0.3) is 0 Å². The molecule has 1 saturated heterocycles. The zero-order valence-corrected chi connectivity index (χ0v) is 10.6. The molecule has 3 nitrogen and oxygen atoms in total. The Morgan fingerprint density at radius 3 is 2.73 bits per heavy atom. The van der Waals surface area contributed by atoms with E-state index < -0.39 is 0 Å². The molecule has 1 rings (SSSR count). The first-order valence-corrected chi connectivity index (χ1v) is 6.41. The van der Waals surface area contributed by atoms with Crippen LogP contribution in [0.3, 0.4) is 0 Å². The molecule has 0 unspecified atom stereocenters. The van der Waals surface area contributed by atoms with Crippen molar-refractivity contribution in [2.75, 3.05) is 45.8 Å². The summed E-state index contributed by atoms with van der Waals surface area (Å²) in [6.07, 6.45) is 1.30. The van der Waals surface area contributed by atoms with Gasteiger partial charge in [0, 0.05) is 32.2 Å². The van der Waals surface area contributed by atoms with Gasteiger partial charge in [0.05, 0.1) is 0 Å². The van der Waals surface area contributed by atoms with Crippen LogP contribution < -0.4 is 5.32 Å². The fourth-order valence-corrected chi connectivity index (χ4v) is 2.18. The topological polar surface area (TPSA) is 18.5 Å². The third-order valence-electron chi connectivity index (χ3n) is 3.27. The minimum absolute atomic E-state index is 0.681. The highest BCUT2D eigenvalue weighted by Gasteiger charge is 2.11. The van der Waals surface area contributed by atoms with Crippen LogP contribution in [0, 0.1) is 0 Å². The van der Waals surface area contributed by atoms with E-state index in [0.29, 0.717) is 6.04 Å². The Morgan fingerprint density at radius 2 is 2.07 bits per heavy atom. The molecular weight excluding hydrogens is 186 g/mol. The molecule has 90 valence electrons. The van der Waals surface area contributed by atoms with Crippen LogP contribution in [0.25, 0.3) is 0 Å². The molecule has 0 radical (unpaired) electrons. The van der Waals surface area contributed by atoms with E-state index in [1.165, 1.54) is 45.7 Å². The van der Waals surface area contributed by atoms with Crippen molar-refractivity contribution in [2.24, 2.45) is 0 Å². The normalized spacial score (nSPS) is 19.8. The van der Waals surface area contributed by atoms with Gasteiger partial charge in [0.2, 0.25) is 0 Å². The fourth-order valence-electron chi connectivity index (χ4n) is 2.18. The van der Waals surface area contributed by atoms with E-state index in [9.17, 15) is 0 Å². The lowest BCUT2D eigenvalue weighted by Crippen LogP contribution is -2.39. The van der Waals surface area contributed by atoms with Gasteiger partial charge in [-0.25, -0.2) is 0 Å². The number of hydrogen-bond acceptors (Lipinski definition) is 3. The average Bonchev–Trinajstić information content (AvgIpc) is 2.46. The summed E-state index contributed by atoms with van der Waals surface area (Å²) in [7, 11) is 0. The second-order valence-electron chi connectivity index (χ2n) is 4.67. The number of likely N-dealkylation sites (N-methyl/N-ethyl adjacent to an activating group) is 1. The zero-order chi connectivity index (χ0) is 11.1. The molecule has 0 amide bonds. The van der Waals surface area contributed by atoms with Crippen molar-refractivity contribution >= 4 is 0 Å². The number of nitrogens with zero attached hydrogens (tertiary/aromatic N) is 2. The molecule has 1 aliphatic heterocycles. The summed E-state index contributed by atoms with van der Waals surface area (Å²) in [6.45, 7) is 15.3. The van der Waals surface area contributed by atoms with Gasteiger partial charge in [-0.3, -0.25) is 4.90 Å². The SMILES string of the molecule is CCN(CCN1CCCNCC1)C(C)C. The molecule has 0 aliphatic carbocycles. The highest BCUT2D eigenvalue weighted by atomic mass is 15.2. The lowest BCUT2D eigenvalue weighted by Gasteiger charge is -2.28. The maximum atomic E-state index is 3.45. The third kappa shape index (κ3) is 4.96. The summed E-state index contributed by atoms with van der Waals surface area (Å²) in [5.41, 5.74) is 0. The molecule has 0 spiro atoms. The van der Waals surface area contributed by atoms with Crippen molar-refractivity contribution in [3.8, 4) is 0 Å². The van der Waals surface area contributed by atoms with Gasteiger partial charge in [-0.1, -0.05) is 6.92 Å². The first-order valence-electron chi connectivity index (χ1n) is 6.41. The molecule has 1 aliphatic rings. The van der Waals surface area contributed by atoms with E-state index in [4.69, 9.17) is 0 Å². The van der Waals surface area contributed by atoms with Crippen LogP contribution in [0.1, 0.15) is 27.2 Å². The summed E-state index contributed by atoms with van der Waals surface area (Å²) in [5.74, 6) is 0. The van der Waals surface area contributed by atoms with Crippen LogP contribution in [-0.2, 0) is 0 Å². The van der Waals surface area contributed by atoms with E-state index in [-0.39, 0.29) is 0 Å². The molecule has 0 saturated carbocycles. The van der Waals surface area contributed by atoms with E-state index in [1.54, 1.807) is 0 Å². The molecule has 1 fully saturated rings. The standard InChI is InChI=1S/C12H27N3/c1-4-15(12(2)3)11-10-14-8-5-6-13-7-9-14/h12-13H,4-11H2,1-3H3. The highest BCUT2D eigenvalue weighted by molar-refractivity contribution is 4.69. The molecule has 0 bridgehead atoms. The zero-order valence-electron chi connectivity index (χ0n) is 10.6. The Kier molecular flexibility index (Phi) is 6.22. The Morgan fingerprint density at radius 1 is 1.27 bits per heavy atom. The molecule has 1 N–H and O–H groups in total. The quantitative estimate of drug-likeness (QED) is 0.735. The Hall–Kier alpha value is -0.120. The maximum Gasteiger partial charge on any atom is 0.0112 e. The second-order valence-corrected chi connectivity index (χ2v) is 4.67. The monoisotopic (exact) mass is 213 g/mol. The van der Waals surface area contributed by atoms with Crippen molar-refractivity contribution < 1.29 is 0 Å². The van der Waals surface area contributed by atoms with Gasteiger partial charge in [-0.05, 0) is 39.9 Å². The minimum Gasteiger partial charge on any atom is -0.315 e. The van der Waals surface area contributed by atoms with E-state index in [2.05, 4.69) is 35.9 Å². The van der Waals surface area contributed by atoms with Crippen molar-refractivity contribution in [2.45, 2.75) is 33.2 Å². The van der Waals surface area contributed by atoms with E-state index >= 15 is 0 Å². The predicted molar refractivity (Wildman–Crippen MR) is 66.3 cm³/mol. The van der Waals surface area contributed by atoms with E-state index in [1.807, 2.05) is 0 Å². The van der Waals surface area contributed by atoms with Gasteiger partial charge in [0.15, 0.2) is 0 Å². The van der Waals surface area contributed by atoms with Gasteiger partial charge in [0.1, 0.15) is 0 Å². The lowest BCUT2D eigenvalue weighted by molar-refractivity contribution is 0.186. The van der Waals surface area contributed by atoms with Crippen LogP contribution in [-0.4, -0.2) is 61.7 Å². The van der Waals surface area contributed by atoms with E-state index in [0.717, 1.165) is 6.54 Å². The van der Waals surface area contributed by atoms with Crippen molar-refractivity contribution in [3.05, 3.63) is 0 Å². The molecule has 0 aromatic heterocycles. The maximum absolute atomic E-state index is 3.45. The minimum atomic E-state index is 0.681. The molecule has 0 atom stereocenters. The molecule has 3 heteroatoms. The smallest absolute Gasteiger partial charge is 0.0112 e. The predicted octanol–water partition coefficient (Wildman–Crippen LogP) is 1.01. The molecule has 1 heterocycles. The fraction of sp³-hybridized carbons (Fsp3) is 1.00. The average molecular weight is 213 g/mol. The van der Waals surface area contributed by atoms with Crippen LogP contribution in [0.4, 0.5) is 0 Å². The second kappa shape index (κ2) is 7.20. The first-order chi connectivity index (χ1) is 7.24. The summed E-state index contributed by atoms with van der Waals surface area (Å²) < 4.78 is 0. The first kappa shape index (κ1) is 12.9. The summed E-state index contributed by atoms with van der Waals surface area (Å²) in [6, 6.07) is 0.681. The van der Waals surface area contributed by atoms with Crippen LogP contribution >= 0.6 is 0 Å². The largest absolute Gasteiger partial charge is 0.315 e. The molecule has 15 heavy (non-hydrogen) atoms. The van der Waals surface area contributed by atoms with Gasteiger partial charge in [-0.15, -0.1) is 0 Å². The molecule has 0 aromatic carbocycles. The van der Waals surface area contributed by atoms with Crippen LogP contribution in [0.2, 0.25) is 0 Å². The van der Waals surface area contributed by atoms with Gasteiger partial charge >= 0.3 is 0 Å². The van der Waals surface area contributed by atoms with Crippen molar-refractivity contribution in [1.82, 2.24) is 15.1 Å². The number of rotatable bonds is 5. The lowest BCUT2D eigenvalue weighted by atomic mass is 10.3. The van der Waals surface area contributed by atoms with Gasteiger partial charge in [-0.2, -0.15) is 0 Å². The van der Waals surface area contributed by atoms with Crippen molar-refractivity contribution in [3.63, 3.8) is 0 Å². The number of nitrogens with one attached hydrogen (secondary N) is 1. The Labute approximate surface area is 94.8 Å². The molecule has 0 aromatic rings. The summed E-state index contributed by atoms with van der Waals surface area (Å²) in [4.78, 5) is 5.13. The third-order valence-corrected chi connectivity index (χ3v) is 3.27. The Balaban J connectivity index is 2.21. The van der Waals surface area contributed by atoms with Crippen LogP contribution in [0.5, 0.6) is 0 Å². The number of hydrogen-bond donors (Lipinski definition) is 1. The van der Waals surface area contributed by atoms with Gasteiger partial charge < -0.3 is 10.2 Å². The van der Waals surface area contributed by atoms with Crippen LogP contribution in [0.15, 0.2) is 0 Å². The summed E-state index contributed by atoms with van der Waals surface area (Å²) >= 11 is 0. The molecular formula is C12H27N3. The highest BCUT2D eigenvalue weighted by Crippen LogP contribution is 2.00. The van der Waals surface area contributed by atoms with Crippen molar-refractivity contribution in [1.29, 1.82) is 0 Å². The summed E-state index contributed by atoms with van der Waals surface area (Å²) in [5, 5.41) is 3.45. The Bertz CT molecular complexity index is 151.